The van der Waals surface area contributed by atoms with Gasteiger partial charge in [0.2, 0.25) is 0 Å². The normalized spacial score (nSPS) is 10.8. The van der Waals surface area contributed by atoms with Crippen molar-refractivity contribution < 1.29 is 0 Å². The molecule has 0 fully saturated rings. The minimum absolute atomic E-state index is 0.531. The molecule has 0 radical (unpaired) electrons. The van der Waals surface area contributed by atoms with Crippen LogP contribution in [0.2, 0.25) is 0 Å². The average Bonchev–Trinajstić information content (AvgIpc) is 2.77. The Labute approximate surface area is 92.4 Å². The van der Waals surface area contributed by atoms with Crippen LogP contribution in [0.1, 0.15) is 0 Å². The third-order valence-corrected chi connectivity index (χ3v) is 2.54. The van der Waals surface area contributed by atoms with Crippen molar-refractivity contribution in [1.82, 2.24) is 14.4 Å². The number of anilines is 1. The maximum absolute atomic E-state index is 5.87. The molecule has 0 atom stereocenters. The molecule has 78 valence electrons. The van der Waals surface area contributed by atoms with Crippen molar-refractivity contribution in [3.8, 4) is 11.3 Å². The molecule has 0 aromatic carbocycles. The minimum Gasteiger partial charge on any atom is -0.383 e. The summed E-state index contributed by atoms with van der Waals surface area (Å²) < 4.78 is 1.99. The molecule has 4 nitrogen and oxygen atoms in total. The lowest BCUT2D eigenvalue weighted by molar-refractivity contribution is 1.18. The van der Waals surface area contributed by atoms with Crippen LogP contribution in [0.15, 0.2) is 48.9 Å². The first-order valence-electron chi connectivity index (χ1n) is 4.99. The Morgan fingerprint density at radius 2 is 1.94 bits per heavy atom. The molecule has 0 aliphatic rings. The number of hydrogen-bond acceptors (Lipinski definition) is 3. The van der Waals surface area contributed by atoms with Gasteiger partial charge in [-0.05, 0) is 24.3 Å². The second-order valence-electron chi connectivity index (χ2n) is 3.50. The van der Waals surface area contributed by atoms with Crippen molar-refractivity contribution in [3.05, 3.63) is 48.9 Å². The van der Waals surface area contributed by atoms with E-state index in [4.69, 9.17) is 5.73 Å². The molecule has 3 aromatic heterocycles. The maximum atomic E-state index is 5.87. The fourth-order valence-electron chi connectivity index (χ4n) is 1.80. The third-order valence-electron chi connectivity index (χ3n) is 2.54. The molecule has 4 heteroatoms. The Balaban J connectivity index is 2.34. The number of rotatable bonds is 1. The lowest BCUT2D eigenvalue weighted by Crippen LogP contribution is -1.97. The van der Waals surface area contributed by atoms with Gasteiger partial charge in [-0.2, -0.15) is 0 Å². The summed E-state index contributed by atoms with van der Waals surface area (Å²) >= 11 is 0. The summed E-state index contributed by atoms with van der Waals surface area (Å²) in [5, 5.41) is 0. The number of nitrogens with two attached hydrogens (primary N) is 1. The first-order chi connectivity index (χ1) is 7.86. The minimum atomic E-state index is 0.531. The Bertz CT molecular complexity index is 642. The zero-order valence-electron chi connectivity index (χ0n) is 8.54. The van der Waals surface area contributed by atoms with E-state index in [-0.39, 0.29) is 0 Å². The lowest BCUT2D eigenvalue weighted by atomic mass is 10.1. The van der Waals surface area contributed by atoms with E-state index in [1.54, 1.807) is 12.4 Å². The van der Waals surface area contributed by atoms with Gasteiger partial charge in [-0.3, -0.25) is 4.40 Å². The fraction of sp³-hybridized carbons (Fsp3) is 0. The molecule has 0 aliphatic heterocycles. The predicted octanol–water partition coefficient (Wildman–Crippen LogP) is 1.98. The van der Waals surface area contributed by atoms with E-state index < -0.39 is 0 Å². The maximum Gasteiger partial charge on any atom is 0.137 e. The first kappa shape index (κ1) is 8.91. The van der Waals surface area contributed by atoms with Crippen molar-refractivity contribution in [2.45, 2.75) is 0 Å². The van der Waals surface area contributed by atoms with Gasteiger partial charge in [0.25, 0.3) is 0 Å². The third kappa shape index (κ3) is 1.24. The molecular formula is C12H10N4. The van der Waals surface area contributed by atoms with Crippen LogP contribution >= 0.6 is 0 Å². The Morgan fingerprint density at radius 1 is 1.00 bits per heavy atom. The van der Waals surface area contributed by atoms with E-state index >= 15 is 0 Å². The smallest absolute Gasteiger partial charge is 0.137 e. The number of hydrogen-bond donors (Lipinski definition) is 1. The number of nitrogen functional groups attached to an aromatic ring is 1. The largest absolute Gasteiger partial charge is 0.383 e. The van der Waals surface area contributed by atoms with Crippen molar-refractivity contribution in [2.75, 3.05) is 5.73 Å². The number of imidazole rings is 1. The summed E-state index contributed by atoms with van der Waals surface area (Å²) in [6.07, 6.45) is 5.37. The van der Waals surface area contributed by atoms with Gasteiger partial charge < -0.3 is 5.73 Å². The standard InChI is InChI=1S/C12H10N4/c13-12-9(3-2-6-15-12)10-4-1-5-11-14-7-8-16(10)11/h1-8H,(H2,13,15). The topological polar surface area (TPSA) is 56.2 Å². The van der Waals surface area contributed by atoms with E-state index in [2.05, 4.69) is 9.97 Å². The van der Waals surface area contributed by atoms with Crippen molar-refractivity contribution in [1.29, 1.82) is 0 Å². The van der Waals surface area contributed by atoms with Crippen LogP contribution in [0.4, 0.5) is 5.82 Å². The van der Waals surface area contributed by atoms with Crippen molar-refractivity contribution in [2.24, 2.45) is 0 Å². The SMILES string of the molecule is Nc1ncccc1-c1cccc2nccn12. The molecule has 0 amide bonds. The predicted molar refractivity (Wildman–Crippen MR) is 62.8 cm³/mol. The van der Waals surface area contributed by atoms with E-state index in [0.29, 0.717) is 5.82 Å². The highest BCUT2D eigenvalue weighted by atomic mass is 15.0. The summed E-state index contributed by atoms with van der Waals surface area (Å²) in [7, 11) is 0. The average molecular weight is 210 g/mol. The summed E-state index contributed by atoms with van der Waals surface area (Å²) in [6.45, 7) is 0. The fourth-order valence-corrected chi connectivity index (χ4v) is 1.80. The van der Waals surface area contributed by atoms with E-state index in [1.165, 1.54) is 0 Å². The van der Waals surface area contributed by atoms with Crippen LogP contribution in [0.3, 0.4) is 0 Å². The van der Waals surface area contributed by atoms with Crippen LogP contribution in [0, 0.1) is 0 Å². The quantitative estimate of drug-likeness (QED) is 0.668. The van der Waals surface area contributed by atoms with Gasteiger partial charge in [0.15, 0.2) is 0 Å². The summed E-state index contributed by atoms with van der Waals surface area (Å²) in [5.41, 5.74) is 8.69. The van der Waals surface area contributed by atoms with Crippen LogP contribution in [-0.2, 0) is 0 Å². The van der Waals surface area contributed by atoms with Crippen molar-refractivity contribution >= 4 is 11.5 Å². The van der Waals surface area contributed by atoms with Gasteiger partial charge in [0, 0.05) is 24.2 Å². The second kappa shape index (κ2) is 3.34. The van der Waals surface area contributed by atoms with Crippen LogP contribution < -0.4 is 5.73 Å². The van der Waals surface area contributed by atoms with Gasteiger partial charge in [0.05, 0.1) is 5.69 Å². The highest BCUT2D eigenvalue weighted by Crippen LogP contribution is 2.24. The monoisotopic (exact) mass is 210 g/mol. The highest BCUT2D eigenvalue weighted by Gasteiger charge is 2.06. The lowest BCUT2D eigenvalue weighted by Gasteiger charge is -2.07. The molecule has 0 saturated carbocycles. The summed E-state index contributed by atoms with van der Waals surface area (Å²) in [6, 6.07) is 9.75. The number of fused-ring (bicyclic) bond motifs is 1. The Hall–Kier alpha value is -2.36. The first-order valence-corrected chi connectivity index (χ1v) is 4.99. The Morgan fingerprint density at radius 3 is 2.81 bits per heavy atom. The van der Waals surface area contributed by atoms with Crippen LogP contribution in [0.25, 0.3) is 16.9 Å². The van der Waals surface area contributed by atoms with Gasteiger partial charge in [-0.1, -0.05) is 6.07 Å². The molecule has 3 aromatic rings. The number of pyridine rings is 2. The second-order valence-corrected chi connectivity index (χ2v) is 3.50. The van der Waals surface area contributed by atoms with Gasteiger partial charge in [-0.15, -0.1) is 0 Å². The van der Waals surface area contributed by atoms with E-state index in [1.807, 2.05) is 40.9 Å². The molecule has 16 heavy (non-hydrogen) atoms. The summed E-state index contributed by atoms with van der Waals surface area (Å²) in [5.74, 6) is 0.531. The molecule has 0 unspecified atom stereocenters. The number of aromatic nitrogens is 3. The molecule has 3 heterocycles. The van der Waals surface area contributed by atoms with E-state index in [0.717, 1.165) is 16.9 Å². The van der Waals surface area contributed by atoms with E-state index in [9.17, 15) is 0 Å². The zero-order valence-corrected chi connectivity index (χ0v) is 8.54. The van der Waals surface area contributed by atoms with Gasteiger partial charge in [-0.25, -0.2) is 9.97 Å². The Kier molecular flexibility index (Phi) is 1.86. The van der Waals surface area contributed by atoms with Crippen LogP contribution in [0.5, 0.6) is 0 Å². The molecule has 3 rings (SSSR count). The summed E-state index contributed by atoms with van der Waals surface area (Å²) in [4.78, 5) is 8.33. The molecule has 0 aliphatic carbocycles. The molecular weight excluding hydrogens is 200 g/mol. The van der Waals surface area contributed by atoms with Gasteiger partial charge in [0.1, 0.15) is 11.5 Å². The van der Waals surface area contributed by atoms with Crippen molar-refractivity contribution in [3.63, 3.8) is 0 Å². The molecule has 2 N–H and O–H groups in total. The zero-order chi connectivity index (χ0) is 11.0. The molecule has 0 saturated heterocycles. The van der Waals surface area contributed by atoms with Crippen LogP contribution in [-0.4, -0.2) is 14.4 Å². The van der Waals surface area contributed by atoms with Gasteiger partial charge >= 0.3 is 0 Å². The molecule has 0 spiro atoms. The number of nitrogens with zero attached hydrogens (tertiary/aromatic N) is 3. The molecule has 0 bridgehead atoms. The highest BCUT2D eigenvalue weighted by molar-refractivity contribution is 5.72.